The van der Waals surface area contributed by atoms with Crippen molar-refractivity contribution in [2.24, 2.45) is 5.92 Å². The Balaban J connectivity index is 1.84. The molecule has 1 aromatic rings. The maximum Gasteiger partial charge on any atom is 0.237 e. The molecule has 0 aromatic heterocycles. The van der Waals surface area contributed by atoms with Crippen molar-refractivity contribution in [3.8, 4) is 0 Å². The maximum atomic E-state index is 12.0. The minimum atomic E-state index is 0.251. The number of amides is 1. The number of nitrogens with one attached hydrogen (secondary N) is 1. The van der Waals surface area contributed by atoms with Gasteiger partial charge in [0, 0.05) is 11.4 Å². The summed E-state index contributed by atoms with van der Waals surface area (Å²) in [5.41, 5.74) is 1.10. The minimum absolute atomic E-state index is 0.251. The zero-order chi connectivity index (χ0) is 11.7. The lowest BCUT2D eigenvalue weighted by Crippen LogP contribution is -2.39. The molecule has 0 spiro atoms. The normalized spacial score (nSPS) is 23.9. The smallest absolute Gasteiger partial charge is 0.237 e. The van der Waals surface area contributed by atoms with Crippen LogP contribution in [0, 0.1) is 5.92 Å². The SMILES string of the molecule is O=C1CSc2ccccc2N1C[C@@H]1CCNC1. The third-order valence-corrected chi connectivity index (χ3v) is 4.46. The predicted molar refractivity (Wildman–Crippen MR) is 70.5 cm³/mol. The lowest BCUT2D eigenvalue weighted by Gasteiger charge is -2.30. The van der Waals surface area contributed by atoms with Crippen molar-refractivity contribution in [2.75, 3.05) is 30.3 Å². The van der Waals surface area contributed by atoms with Crippen LogP contribution in [0.15, 0.2) is 29.2 Å². The third kappa shape index (κ3) is 2.19. The Labute approximate surface area is 106 Å². The summed E-state index contributed by atoms with van der Waals surface area (Å²) in [6.07, 6.45) is 1.18. The van der Waals surface area contributed by atoms with Crippen LogP contribution in [-0.4, -0.2) is 31.3 Å². The molecule has 3 nitrogen and oxygen atoms in total. The molecule has 2 heterocycles. The highest BCUT2D eigenvalue weighted by Crippen LogP contribution is 2.35. The van der Waals surface area contributed by atoms with E-state index in [0.29, 0.717) is 11.7 Å². The summed E-state index contributed by atoms with van der Waals surface area (Å²) in [5.74, 6) is 1.44. The second-order valence-corrected chi connectivity index (χ2v) is 5.64. The molecule has 4 heteroatoms. The van der Waals surface area contributed by atoms with Gasteiger partial charge in [0.15, 0.2) is 0 Å². The second-order valence-electron chi connectivity index (χ2n) is 4.62. The summed E-state index contributed by atoms with van der Waals surface area (Å²) in [6, 6.07) is 8.21. The summed E-state index contributed by atoms with van der Waals surface area (Å²) >= 11 is 1.65. The Morgan fingerprint density at radius 3 is 3.12 bits per heavy atom. The number of fused-ring (bicyclic) bond motifs is 1. The zero-order valence-corrected chi connectivity index (χ0v) is 10.5. The number of carbonyl (C=O) groups is 1. The van der Waals surface area contributed by atoms with E-state index in [2.05, 4.69) is 17.4 Å². The number of hydrogen-bond acceptors (Lipinski definition) is 3. The Hall–Kier alpha value is -1.00. The Morgan fingerprint density at radius 2 is 2.29 bits per heavy atom. The number of hydrogen-bond donors (Lipinski definition) is 1. The van der Waals surface area contributed by atoms with Gasteiger partial charge in [0.25, 0.3) is 0 Å². The van der Waals surface area contributed by atoms with E-state index in [1.807, 2.05) is 17.0 Å². The summed E-state index contributed by atoms with van der Waals surface area (Å²) in [6.45, 7) is 2.99. The molecule has 3 rings (SSSR count). The number of benzene rings is 1. The molecule has 0 bridgehead atoms. The van der Waals surface area contributed by atoms with Crippen molar-refractivity contribution in [3.63, 3.8) is 0 Å². The average Bonchev–Trinajstić information content (AvgIpc) is 2.86. The van der Waals surface area contributed by atoms with Gasteiger partial charge in [-0.15, -0.1) is 11.8 Å². The lowest BCUT2D eigenvalue weighted by molar-refractivity contribution is -0.116. The van der Waals surface area contributed by atoms with Gasteiger partial charge in [-0.3, -0.25) is 4.79 Å². The van der Waals surface area contributed by atoms with Gasteiger partial charge < -0.3 is 10.2 Å². The standard InChI is InChI=1S/C13H16N2OS/c16-13-9-17-12-4-2-1-3-11(12)15(13)8-10-5-6-14-7-10/h1-4,10,14H,5-9H2/t10-/m1/s1. The first kappa shape index (κ1) is 11.1. The van der Waals surface area contributed by atoms with Crippen LogP contribution in [0.4, 0.5) is 5.69 Å². The fourth-order valence-electron chi connectivity index (χ4n) is 2.48. The first-order valence-electron chi connectivity index (χ1n) is 6.07. The lowest BCUT2D eigenvalue weighted by atomic mass is 10.1. The van der Waals surface area contributed by atoms with Crippen molar-refractivity contribution in [3.05, 3.63) is 24.3 Å². The summed E-state index contributed by atoms with van der Waals surface area (Å²) in [4.78, 5) is 15.2. The number of para-hydroxylation sites is 1. The van der Waals surface area contributed by atoms with Gasteiger partial charge in [0.2, 0.25) is 5.91 Å². The molecule has 1 amide bonds. The topological polar surface area (TPSA) is 32.3 Å². The fraction of sp³-hybridized carbons (Fsp3) is 0.462. The molecule has 1 saturated heterocycles. The van der Waals surface area contributed by atoms with Crippen molar-refractivity contribution >= 4 is 23.4 Å². The van der Waals surface area contributed by atoms with Gasteiger partial charge in [-0.25, -0.2) is 0 Å². The van der Waals surface area contributed by atoms with Crippen LogP contribution in [0.1, 0.15) is 6.42 Å². The van der Waals surface area contributed by atoms with Crippen molar-refractivity contribution in [1.29, 1.82) is 0 Å². The van der Waals surface area contributed by atoms with E-state index < -0.39 is 0 Å². The van der Waals surface area contributed by atoms with Crippen molar-refractivity contribution in [2.45, 2.75) is 11.3 Å². The highest BCUT2D eigenvalue weighted by molar-refractivity contribution is 8.00. The van der Waals surface area contributed by atoms with Crippen LogP contribution in [0.2, 0.25) is 0 Å². The Bertz CT molecular complexity index is 429. The van der Waals surface area contributed by atoms with E-state index in [-0.39, 0.29) is 5.91 Å². The molecule has 1 N–H and O–H groups in total. The van der Waals surface area contributed by atoms with Crippen LogP contribution in [-0.2, 0) is 4.79 Å². The quantitative estimate of drug-likeness (QED) is 0.865. The van der Waals surface area contributed by atoms with Gasteiger partial charge in [-0.05, 0) is 37.6 Å². The number of anilines is 1. The second kappa shape index (κ2) is 4.70. The summed E-state index contributed by atoms with van der Waals surface area (Å²) in [7, 11) is 0. The first-order chi connectivity index (χ1) is 8.34. The molecule has 2 aliphatic heterocycles. The van der Waals surface area contributed by atoms with Crippen molar-refractivity contribution in [1.82, 2.24) is 5.32 Å². The molecule has 90 valence electrons. The zero-order valence-electron chi connectivity index (χ0n) is 9.69. The molecule has 1 fully saturated rings. The highest BCUT2D eigenvalue weighted by atomic mass is 32.2. The Kier molecular flexibility index (Phi) is 3.07. The number of nitrogens with zero attached hydrogens (tertiary/aromatic N) is 1. The highest BCUT2D eigenvalue weighted by Gasteiger charge is 2.27. The Morgan fingerprint density at radius 1 is 1.41 bits per heavy atom. The van der Waals surface area contributed by atoms with Crippen LogP contribution >= 0.6 is 11.8 Å². The molecule has 2 aliphatic rings. The number of thioether (sulfide) groups is 1. The van der Waals surface area contributed by atoms with Gasteiger partial charge in [0.1, 0.15) is 0 Å². The van der Waals surface area contributed by atoms with Crippen LogP contribution in [0.5, 0.6) is 0 Å². The molecule has 0 unspecified atom stereocenters. The van der Waals surface area contributed by atoms with E-state index in [4.69, 9.17) is 0 Å². The third-order valence-electron chi connectivity index (χ3n) is 3.41. The minimum Gasteiger partial charge on any atom is -0.316 e. The van der Waals surface area contributed by atoms with Crippen LogP contribution in [0.25, 0.3) is 0 Å². The monoisotopic (exact) mass is 248 g/mol. The molecule has 0 aliphatic carbocycles. The predicted octanol–water partition coefficient (Wildman–Crippen LogP) is 1.73. The molecule has 0 saturated carbocycles. The molecule has 1 aromatic carbocycles. The maximum absolute atomic E-state index is 12.0. The first-order valence-corrected chi connectivity index (χ1v) is 7.06. The van der Waals surface area contributed by atoms with Gasteiger partial charge >= 0.3 is 0 Å². The van der Waals surface area contributed by atoms with Gasteiger partial charge in [0.05, 0.1) is 11.4 Å². The van der Waals surface area contributed by atoms with E-state index in [0.717, 1.165) is 25.3 Å². The number of carbonyl (C=O) groups excluding carboxylic acids is 1. The average molecular weight is 248 g/mol. The van der Waals surface area contributed by atoms with Crippen LogP contribution in [0.3, 0.4) is 0 Å². The molecule has 1 atom stereocenters. The van der Waals surface area contributed by atoms with Crippen molar-refractivity contribution < 1.29 is 4.79 Å². The molecular formula is C13H16N2OS. The molecule has 17 heavy (non-hydrogen) atoms. The van der Waals surface area contributed by atoms with Gasteiger partial charge in [-0.2, -0.15) is 0 Å². The van der Waals surface area contributed by atoms with Crippen LogP contribution < -0.4 is 10.2 Å². The molecular weight excluding hydrogens is 232 g/mol. The van der Waals surface area contributed by atoms with E-state index >= 15 is 0 Å². The van der Waals surface area contributed by atoms with E-state index in [9.17, 15) is 4.79 Å². The fourth-order valence-corrected chi connectivity index (χ4v) is 3.42. The number of rotatable bonds is 2. The van der Waals surface area contributed by atoms with Gasteiger partial charge in [-0.1, -0.05) is 12.1 Å². The molecule has 0 radical (unpaired) electrons. The largest absolute Gasteiger partial charge is 0.316 e. The van der Waals surface area contributed by atoms with E-state index in [1.165, 1.54) is 11.3 Å². The summed E-state index contributed by atoms with van der Waals surface area (Å²) in [5, 5.41) is 3.36. The van der Waals surface area contributed by atoms with E-state index in [1.54, 1.807) is 11.8 Å². The summed E-state index contributed by atoms with van der Waals surface area (Å²) < 4.78 is 0.